The van der Waals surface area contributed by atoms with Gasteiger partial charge < -0.3 is 9.13 Å². The monoisotopic (exact) mass is 714 g/mol. The molecular formula is C48H35N4OP. The highest BCUT2D eigenvalue weighted by atomic mass is 31.2. The average Bonchev–Trinajstić information content (AvgIpc) is 3.56. The van der Waals surface area contributed by atoms with Gasteiger partial charge in [-0.3, -0.25) is 0 Å². The molecule has 0 bridgehead atoms. The Bertz CT molecular complexity index is 2860. The molecule has 0 radical (unpaired) electrons. The minimum atomic E-state index is -3.25. The molecule has 9 aromatic rings. The molecule has 258 valence electrons. The topological polar surface area (TPSA) is 60.7 Å². The Morgan fingerprint density at radius 1 is 0.463 bits per heavy atom. The maximum absolute atomic E-state index is 16.0. The summed E-state index contributed by atoms with van der Waals surface area (Å²) in [7, 11) is -3.25. The van der Waals surface area contributed by atoms with Gasteiger partial charge in [0.05, 0.1) is 11.0 Å². The van der Waals surface area contributed by atoms with Crippen LogP contribution in [0.5, 0.6) is 0 Å². The first-order chi connectivity index (χ1) is 26.4. The molecule has 10 rings (SSSR count). The Kier molecular flexibility index (Phi) is 7.37. The molecule has 54 heavy (non-hydrogen) atoms. The van der Waals surface area contributed by atoms with Gasteiger partial charge in [-0.1, -0.05) is 159 Å². The van der Waals surface area contributed by atoms with Crippen LogP contribution in [0.2, 0.25) is 0 Å². The molecule has 0 spiro atoms. The van der Waals surface area contributed by atoms with Crippen LogP contribution in [0.1, 0.15) is 25.0 Å². The molecule has 7 aromatic carbocycles. The van der Waals surface area contributed by atoms with Crippen molar-refractivity contribution in [3.05, 3.63) is 187 Å². The number of nitrogens with zero attached hydrogens (tertiary/aromatic N) is 4. The van der Waals surface area contributed by atoms with E-state index >= 15 is 4.57 Å². The van der Waals surface area contributed by atoms with Gasteiger partial charge in [0.2, 0.25) is 0 Å². The Morgan fingerprint density at radius 2 is 0.981 bits per heavy atom. The average molecular weight is 715 g/mol. The van der Waals surface area contributed by atoms with E-state index < -0.39 is 7.14 Å². The van der Waals surface area contributed by atoms with E-state index in [1.807, 2.05) is 103 Å². The number of rotatable bonds is 5. The van der Waals surface area contributed by atoms with Crippen LogP contribution in [-0.4, -0.2) is 19.5 Å². The summed E-state index contributed by atoms with van der Waals surface area (Å²) in [6.45, 7) is 4.52. The quantitative estimate of drug-likeness (QED) is 0.167. The molecule has 0 saturated heterocycles. The molecule has 5 nitrogen and oxygen atoms in total. The van der Waals surface area contributed by atoms with E-state index in [1.54, 1.807) is 0 Å². The summed E-state index contributed by atoms with van der Waals surface area (Å²) in [5.41, 5.74) is 7.59. The first kappa shape index (κ1) is 32.2. The van der Waals surface area contributed by atoms with Gasteiger partial charge in [-0.2, -0.15) is 0 Å². The third-order valence-electron chi connectivity index (χ3n) is 10.9. The molecule has 0 amide bonds. The maximum Gasteiger partial charge on any atom is 0.171 e. The molecule has 6 heteroatoms. The van der Waals surface area contributed by atoms with E-state index in [1.165, 1.54) is 0 Å². The van der Waals surface area contributed by atoms with Gasteiger partial charge in [0.15, 0.2) is 24.6 Å². The van der Waals surface area contributed by atoms with Crippen LogP contribution in [0.4, 0.5) is 0 Å². The highest BCUT2D eigenvalue weighted by Crippen LogP contribution is 2.53. The lowest BCUT2D eigenvalue weighted by Crippen LogP contribution is -2.42. The Morgan fingerprint density at radius 3 is 1.61 bits per heavy atom. The first-order valence-electron chi connectivity index (χ1n) is 18.2. The predicted molar refractivity (Wildman–Crippen MR) is 222 cm³/mol. The number of benzene rings is 7. The van der Waals surface area contributed by atoms with Crippen molar-refractivity contribution in [1.29, 1.82) is 0 Å². The van der Waals surface area contributed by atoms with Crippen LogP contribution in [0.25, 0.3) is 61.7 Å². The number of hydrogen-bond donors (Lipinski definition) is 0. The standard InChI is InChI=1S/C48H35N4OP/c1-48(2)39-25-15-16-26-43(39)54(53,36-23-13-6-14-24-36)44-31-42-38(30-40(44)48)37-28-27-34(29-41(37)52(42)35-21-11-5-12-22-35)47-50-45(32-17-7-3-8-18-32)49-46(51-47)33-19-9-4-10-20-33/h3-31H,1-2H3. The van der Waals surface area contributed by atoms with Crippen molar-refractivity contribution in [3.63, 3.8) is 0 Å². The molecule has 1 unspecified atom stereocenters. The molecule has 0 N–H and O–H groups in total. The van der Waals surface area contributed by atoms with Crippen molar-refractivity contribution in [2.75, 3.05) is 0 Å². The lowest BCUT2D eigenvalue weighted by molar-refractivity contribution is 0.586. The smallest absolute Gasteiger partial charge is 0.171 e. The van der Waals surface area contributed by atoms with E-state index in [-0.39, 0.29) is 5.41 Å². The van der Waals surface area contributed by atoms with E-state index in [0.29, 0.717) is 17.5 Å². The Balaban J connectivity index is 1.27. The first-order valence-corrected chi connectivity index (χ1v) is 19.9. The maximum atomic E-state index is 16.0. The molecule has 1 aliphatic heterocycles. The van der Waals surface area contributed by atoms with Gasteiger partial charge in [-0.25, -0.2) is 15.0 Å². The van der Waals surface area contributed by atoms with Crippen molar-refractivity contribution >= 4 is 44.9 Å². The summed E-state index contributed by atoms with van der Waals surface area (Å²) < 4.78 is 18.3. The summed E-state index contributed by atoms with van der Waals surface area (Å²) >= 11 is 0. The summed E-state index contributed by atoms with van der Waals surface area (Å²) in [4.78, 5) is 15.0. The number of para-hydroxylation sites is 1. The second kappa shape index (κ2) is 12.3. The molecule has 0 aliphatic carbocycles. The van der Waals surface area contributed by atoms with Gasteiger partial charge in [0.25, 0.3) is 0 Å². The lowest BCUT2D eigenvalue weighted by Gasteiger charge is -2.39. The lowest BCUT2D eigenvalue weighted by atomic mass is 9.77. The summed E-state index contributed by atoms with van der Waals surface area (Å²) in [6, 6.07) is 59.9. The highest BCUT2D eigenvalue weighted by Gasteiger charge is 2.45. The summed E-state index contributed by atoms with van der Waals surface area (Å²) in [5.74, 6) is 1.84. The fourth-order valence-corrected chi connectivity index (χ4v) is 11.6. The van der Waals surface area contributed by atoms with Gasteiger partial charge >= 0.3 is 0 Å². The van der Waals surface area contributed by atoms with Gasteiger partial charge in [0, 0.05) is 54.5 Å². The van der Waals surface area contributed by atoms with Crippen molar-refractivity contribution < 1.29 is 4.57 Å². The third kappa shape index (κ3) is 4.93. The van der Waals surface area contributed by atoms with Crippen molar-refractivity contribution in [3.8, 4) is 39.9 Å². The van der Waals surface area contributed by atoms with Crippen LogP contribution in [0.15, 0.2) is 176 Å². The van der Waals surface area contributed by atoms with E-state index in [0.717, 1.165) is 71.2 Å². The zero-order valence-corrected chi connectivity index (χ0v) is 30.8. The minimum absolute atomic E-state index is 0.378. The molecule has 1 aliphatic rings. The van der Waals surface area contributed by atoms with E-state index in [9.17, 15) is 0 Å². The molecule has 0 fully saturated rings. The van der Waals surface area contributed by atoms with Crippen LogP contribution < -0.4 is 15.9 Å². The van der Waals surface area contributed by atoms with E-state index in [4.69, 9.17) is 15.0 Å². The third-order valence-corrected chi connectivity index (χ3v) is 14.0. The van der Waals surface area contributed by atoms with Gasteiger partial charge in [-0.15, -0.1) is 0 Å². The number of hydrogen-bond acceptors (Lipinski definition) is 4. The van der Waals surface area contributed by atoms with Crippen molar-refractivity contribution in [2.24, 2.45) is 0 Å². The molecular weight excluding hydrogens is 680 g/mol. The largest absolute Gasteiger partial charge is 0.309 e. The van der Waals surface area contributed by atoms with Crippen molar-refractivity contribution in [2.45, 2.75) is 19.3 Å². The molecule has 3 heterocycles. The summed E-state index contributed by atoms with van der Waals surface area (Å²) in [5, 5.41) is 4.86. The second-order valence-corrected chi connectivity index (χ2v) is 17.1. The number of fused-ring (bicyclic) bond motifs is 5. The predicted octanol–water partition coefficient (Wildman–Crippen LogP) is 10.2. The SMILES string of the molecule is CC1(C)c2ccccc2P(=O)(c2ccccc2)c2cc3c(cc21)c1ccc(-c2nc(-c4ccccc4)nc(-c4ccccc4)n2)cc1n3-c1ccccc1. The fraction of sp³-hybridized carbons (Fsp3) is 0.0625. The van der Waals surface area contributed by atoms with Gasteiger partial charge in [-0.05, 0) is 41.5 Å². The highest BCUT2D eigenvalue weighted by molar-refractivity contribution is 7.85. The van der Waals surface area contributed by atoms with Crippen molar-refractivity contribution in [1.82, 2.24) is 19.5 Å². The molecule has 1 atom stereocenters. The normalized spacial score (nSPS) is 15.9. The van der Waals surface area contributed by atoms with Gasteiger partial charge in [0.1, 0.15) is 0 Å². The zero-order valence-electron chi connectivity index (χ0n) is 29.9. The van der Waals surface area contributed by atoms with Crippen LogP contribution in [-0.2, 0) is 9.98 Å². The molecule has 0 saturated carbocycles. The van der Waals surface area contributed by atoms with Crippen LogP contribution in [0, 0.1) is 0 Å². The van der Waals surface area contributed by atoms with Crippen LogP contribution in [0.3, 0.4) is 0 Å². The molecule has 2 aromatic heterocycles. The Hall–Kier alpha value is -6.42. The summed E-state index contributed by atoms with van der Waals surface area (Å²) in [6.07, 6.45) is 0. The van der Waals surface area contributed by atoms with Crippen LogP contribution >= 0.6 is 7.14 Å². The Labute approximate surface area is 314 Å². The number of aromatic nitrogens is 4. The second-order valence-electron chi connectivity index (χ2n) is 14.4. The van der Waals surface area contributed by atoms with E-state index in [2.05, 4.69) is 91.2 Å². The zero-order chi connectivity index (χ0) is 36.4. The minimum Gasteiger partial charge on any atom is -0.309 e. The fourth-order valence-electron chi connectivity index (χ4n) is 8.21.